The Hall–Kier alpha value is -4.33. The maximum atomic E-state index is 14.4. The Morgan fingerprint density at radius 2 is 1.73 bits per heavy atom. The van der Waals surface area contributed by atoms with Crippen LogP contribution in [0.5, 0.6) is 11.5 Å². The lowest BCUT2D eigenvalue weighted by molar-refractivity contribution is -0.159. The molecule has 0 saturated carbocycles. The zero-order valence-corrected chi connectivity index (χ0v) is 20.5. The summed E-state index contributed by atoms with van der Waals surface area (Å²) in [5, 5.41) is 1.02. The Kier molecular flexibility index (Phi) is 5.59. The molecule has 1 saturated heterocycles. The first-order valence-electron chi connectivity index (χ1n) is 12.1. The minimum atomic E-state index is -0.710. The van der Waals surface area contributed by atoms with Gasteiger partial charge in [-0.15, -0.1) is 0 Å². The lowest BCUT2D eigenvalue weighted by Crippen LogP contribution is -2.62. The number of para-hydroxylation sites is 1. The van der Waals surface area contributed by atoms with E-state index in [9.17, 15) is 14.0 Å². The van der Waals surface area contributed by atoms with Crippen molar-refractivity contribution in [3.63, 3.8) is 0 Å². The molecule has 1 fully saturated rings. The summed E-state index contributed by atoms with van der Waals surface area (Å²) in [5.74, 6) is 0.342. The van der Waals surface area contributed by atoms with Crippen molar-refractivity contribution in [2.75, 3.05) is 20.8 Å². The van der Waals surface area contributed by atoms with Crippen LogP contribution in [0, 0.1) is 5.82 Å². The number of methoxy groups -OCH3 is 2. The lowest BCUT2D eigenvalue weighted by atomic mass is 9.86. The zero-order valence-electron chi connectivity index (χ0n) is 20.5. The zero-order chi connectivity index (χ0) is 25.7. The molecule has 8 heteroatoms. The Morgan fingerprint density at radius 1 is 0.973 bits per heavy atom. The highest BCUT2D eigenvalue weighted by Gasteiger charge is 2.48. The molecule has 6 rings (SSSR count). The fourth-order valence-electron chi connectivity index (χ4n) is 5.66. The van der Waals surface area contributed by atoms with Crippen LogP contribution in [0.3, 0.4) is 0 Å². The van der Waals surface area contributed by atoms with Gasteiger partial charge in [-0.05, 0) is 35.4 Å². The number of nitrogens with zero attached hydrogens (tertiary/aromatic N) is 2. The van der Waals surface area contributed by atoms with Crippen LogP contribution in [0.4, 0.5) is 4.39 Å². The van der Waals surface area contributed by atoms with E-state index in [1.165, 1.54) is 11.0 Å². The first kappa shape index (κ1) is 23.1. The Bertz CT molecular complexity index is 1530. The third-order valence-corrected chi connectivity index (χ3v) is 7.38. The number of fused-ring (bicyclic) bond motifs is 4. The summed E-state index contributed by atoms with van der Waals surface area (Å²) in [4.78, 5) is 34.2. The summed E-state index contributed by atoms with van der Waals surface area (Å²) in [5.41, 5.74) is 4.02. The number of carbonyl (C=O) groups excluding carboxylic acids is 2. The number of nitrogens with one attached hydrogen (secondary N) is 1. The van der Waals surface area contributed by atoms with Crippen molar-refractivity contribution >= 4 is 22.7 Å². The Labute approximate surface area is 213 Å². The molecule has 7 nitrogen and oxygen atoms in total. The van der Waals surface area contributed by atoms with Crippen LogP contribution in [-0.2, 0) is 22.6 Å². The lowest BCUT2D eigenvalue weighted by Gasteiger charge is -2.47. The van der Waals surface area contributed by atoms with Gasteiger partial charge in [-0.1, -0.05) is 42.5 Å². The van der Waals surface area contributed by atoms with Crippen molar-refractivity contribution in [1.29, 1.82) is 0 Å². The molecule has 2 unspecified atom stereocenters. The van der Waals surface area contributed by atoms with Crippen LogP contribution >= 0.6 is 0 Å². The summed E-state index contributed by atoms with van der Waals surface area (Å²) >= 11 is 0. The molecule has 3 aromatic carbocycles. The summed E-state index contributed by atoms with van der Waals surface area (Å²) < 4.78 is 25.3. The Balaban J connectivity index is 1.47. The molecule has 2 aliphatic heterocycles. The smallest absolute Gasteiger partial charge is 0.246 e. The molecule has 0 bridgehead atoms. The van der Waals surface area contributed by atoms with E-state index in [1.807, 2.05) is 36.4 Å². The predicted octanol–water partition coefficient (Wildman–Crippen LogP) is 4.21. The summed E-state index contributed by atoms with van der Waals surface area (Å²) in [6.45, 7) is -0.0770. The number of aromatic nitrogens is 1. The number of H-pyrrole nitrogens is 1. The van der Waals surface area contributed by atoms with Gasteiger partial charge in [0.15, 0.2) is 11.5 Å². The quantitative estimate of drug-likeness (QED) is 0.447. The summed E-state index contributed by atoms with van der Waals surface area (Å²) in [6, 6.07) is 18.6. The molecule has 1 N–H and O–H groups in total. The number of ether oxygens (including phenoxy) is 2. The van der Waals surface area contributed by atoms with Crippen molar-refractivity contribution in [2.24, 2.45) is 0 Å². The molecule has 2 atom stereocenters. The third kappa shape index (κ3) is 3.71. The van der Waals surface area contributed by atoms with Gasteiger partial charge in [0.1, 0.15) is 18.4 Å². The van der Waals surface area contributed by atoms with E-state index in [2.05, 4.69) is 4.98 Å². The summed E-state index contributed by atoms with van der Waals surface area (Å²) in [6.07, 6.45) is 0.376. The second-order valence-corrected chi connectivity index (χ2v) is 9.39. The van der Waals surface area contributed by atoms with Crippen molar-refractivity contribution < 1.29 is 23.5 Å². The van der Waals surface area contributed by atoms with Crippen molar-refractivity contribution in [3.8, 4) is 11.5 Å². The minimum Gasteiger partial charge on any atom is -0.493 e. The molecule has 37 heavy (non-hydrogen) atoms. The van der Waals surface area contributed by atoms with Gasteiger partial charge < -0.3 is 24.3 Å². The highest BCUT2D eigenvalue weighted by molar-refractivity contribution is 5.97. The van der Waals surface area contributed by atoms with Crippen molar-refractivity contribution in [2.45, 2.75) is 25.0 Å². The highest BCUT2D eigenvalue weighted by atomic mass is 19.1. The Morgan fingerprint density at radius 3 is 2.51 bits per heavy atom. The van der Waals surface area contributed by atoms with E-state index >= 15 is 0 Å². The molecule has 2 amide bonds. The maximum absolute atomic E-state index is 14.4. The van der Waals surface area contributed by atoms with Gasteiger partial charge in [-0.3, -0.25) is 9.59 Å². The fraction of sp³-hybridized carbons (Fsp3) is 0.241. The van der Waals surface area contributed by atoms with Gasteiger partial charge in [-0.2, -0.15) is 0 Å². The number of benzene rings is 3. The number of carbonyl (C=O) groups is 2. The SMILES string of the molecule is COc1ccc(C2c3[nH]c4ccccc4c3CC3C(=O)N(Cc4ccccc4F)CC(=O)N32)cc1OC. The van der Waals surface area contributed by atoms with Gasteiger partial charge in [0.2, 0.25) is 11.8 Å². The number of piperazine rings is 1. The van der Waals surface area contributed by atoms with Gasteiger partial charge in [-0.25, -0.2) is 4.39 Å². The van der Waals surface area contributed by atoms with E-state index in [4.69, 9.17) is 9.47 Å². The van der Waals surface area contributed by atoms with Crippen LogP contribution in [-0.4, -0.2) is 53.4 Å². The molecule has 2 aliphatic rings. The van der Waals surface area contributed by atoms with Crippen LogP contribution in [0.15, 0.2) is 66.7 Å². The molecule has 0 spiro atoms. The number of hydrogen-bond acceptors (Lipinski definition) is 4. The second kappa shape index (κ2) is 8.96. The van der Waals surface area contributed by atoms with Crippen LogP contribution in [0.1, 0.15) is 28.4 Å². The van der Waals surface area contributed by atoms with Crippen LogP contribution in [0.2, 0.25) is 0 Å². The van der Waals surface area contributed by atoms with Gasteiger partial charge in [0, 0.05) is 35.1 Å². The molecule has 3 heterocycles. The second-order valence-electron chi connectivity index (χ2n) is 9.39. The topological polar surface area (TPSA) is 74.9 Å². The number of aromatic amines is 1. The van der Waals surface area contributed by atoms with E-state index in [-0.39, 0.29) is 24.9 Å². The molecule has 1 aromatic heterocycles. The summed E-state index contributed by atoms with van der Waals surface area (Å²) in [7, 11) is 3.14. The van der Waals surface area contributed by atoms with E-state index < -0.39 is 17.9 Å². The van der Waals surface area contributed by atoms with Gasteiger partial charge >= 0.3 is 0 Å². The van der Waals surface area contributed by atoms with Crippen LogP contribution in [0.25, 0.3) is 10.9 Å². The standard InChI is InChI=1S/C29H26FN3O4/c1-36-24-12-11-17(13-25(24)37-2)28-27-20(19-8-4-6-10-22(19)31-27)14-23-29(35)32(16-26(34)33(23)28)15-18-7-3-5-9-21(18)30/h3-13,23,28,31H,14-16H2,1-2H3. The third-order valence-electron chi connectivity index (χ3n) is 7.38. The van der Waals surface area contributed by atoms with Gasteiger partial charge in [0.25, 0.3) is 0 Å². The van der Waals surface area contributed by atoms with Gasteiger partial charge in [0.05, 0.1) is 20.3 Å². The average molecular weight is 500 g/mol. The predicted molar refractivity (Wildman–Crippen MR) is 136 cm³/mol. The minimum absolute atomic E-state index is 0.0450. The van der Waals surface area contributed by atoms with Crippen molar-refractivity contribution in [3.05, 3.63) is 94.9 Å². The van der Waals surface area contributed by atoms with E-state index in [1.54, 1.807) is 43.4 Å². The number of halogens is 1. The molecule has 188 valence electrons. The fourth-order valence-corrected chi connectivity index (χ4v) is 5.66. The monoisotopic (exact) mass is 499 g/mol. The molecular formula is C29H26FN3O4. The average Bonchev–Trinajstić information content (AvgIpc) is 3.29. The normalized spacial score (nSPS) is 19.1. The van der Waals surface area contributed by atoms with Crippen LogP contribution < -0.4 is 9.47 Å². The molecule has 4 aromatic rings. The van der Waals surface area contributed by atoms with E-state index in [0.717, 1.165) is 27.7 Å². The molecule has 0 radical (unpaired) electrons. The first-order chi connectivity index (χ1) is 18.0. The highest BCUT2D eigenvalue weighted by Crippen LogP contribution is 2.44. The largest absolute Gasteiger partial charge is 0.493 e. The maximum Gasteiger partial charge on any atom is 0.246 e. The molecule has 0 aliphatic carbocycles. The molecular weight excluding hydrogens is 473 g/mol. The van der Waals surface area contributed by atoms with E-state index in [0.29, 0.717) is 23.5 Å². The number of amides is 2. The first-order valence-corrected chi connectivity index (χ1v) is 12.1. The number of rotatable bonds is 5. The van der Waals surface area contributed by atoms with Crippen molar-refractivity contribution in [1.82, 2.24) is 14.8 Å². The number of hydrogen-bond donors (Lipinski definition) is 1.